The number of rotatable bonds is 4. The zero-order chi connectivity index (χ0) is 12.2. The molecule has 16 heavy (non-hydrogen) atoms. The van der Waals surface area contributed by atoms with E-state index in [0.717, 1.165) is 0 Å². The Bertz CT molecular complexity index is 246. The highest BCUT2D eigenvalue weighted by Gasteiger charge is 2.41. The number of carboxylic acids is 1. The Labute approximate surface area is 90.3 Å². The van der Waals surface area contributed by atoms with Gasteiger partial charge in [0.25, 0.3) is 0 Å². The molecule has 4 nitrogen and oxygen atoms in total. The van der Waals surface area contributed by atoms with E-state index >= 15 is 0 Å². The Kier molecular flexibility index (Phi) is 4.15. The number of hydrogen-bond donors (Lipinski definition) is 1. The fourth-order valence-electron chi connectivity index (χ4n) is 1.70. The lowest BCUT2D eigenvalue weighted by atomic mass is 9.77. The molecule has 0 bridgehead atoms. The van der Waals surface area contributed by atoms with E-state index in [1.807, 2.05) is 0 Å². The molecule has 0 amide bonds. The third-order valence-corrected chi connectivity index (χ3v) is 2.75. The van der Waals surface area contributed by atoms with Crippen molar-refractivity contribution in [1.82, 2.24) is 0 Å². The SMILES string of the molecule is O=C(O)C1(CCOC(F)(F)F)CCOCC1. The topological polar surface area (TPSA) is 55.8 Å². The number of ether oxygens (including phenoxy) is 2. The molecule has 1 rings (SSSR count). The highest BCUT2D eigenvalue weighted by Crippen LogP contribution is 2.35. The number of alkyl halides is 3. The first kappa shape index (κ1) is 13.2. The van der Waals surface area contributed by atoms with Crippen molar-refractivity contribution in [2.24, 2.45) is 5.41 Å². The smallest absolute Gasteiger partial charge is 0.481 e. The van der Waals surface area contributed by atoms with E-state index in [4.69, 9.17) is 9.84 Å². The number of carboxylic acid groups (broad SMARTS) is 1. The van der Waals surface area contributed by atoms with Crippen LogP contribution in [0.3, 0.4) is 0 Å². The Balaban J connectivity index is 2.48. The highest BCUT2D eigenvalue weighted by molar-refractivity contribution is 5.74. The number of halogens is 3. The van der Waals surface area contributed by atoms with Crippen molar-refractivity contribution in [3.05, 3.63) is 0 Å². The summed E-state index contributed by atoms with van der Waals surface area (Å²) in [6, 6.07) is 0. The Morgan fingerprint density at radius 3 is 2.38 bits per heavy atom. The maximum Gasteiger partial charge on any atom is 0.522 e. The molecule has 1 aliphatic heterocycles. The van der Waals surface area contributed by atoms with E-state index in [2.05, 4.69) is 4.74 Å². The predicted molar refractivity (Wildman–Crippen MR) is 46.7 cm³/mol. The van der Waals surface area contributed by atoms with E-state index in [9.17, 15) is 18.0 Å². The zero-order valence-corrected chi connectivity index (χ0v) is 8.55. The van der Waals surface area contributed by atoms with Crippen molar-refractivity contribution in [2.45, 2.75) is 25.6 Å². The molecule has 0 aromatic rings. The van der Waals surface area contributed by atoms with Gasteiger partial charge in [-0.3, -0.25) is 9.53 Å². The second-order valence-electron chi connectivity index (χ2n) is 3.74. The fourth-order valence-corrected chi connectivity index (χ4v) is 1.70. The minimum Gasteiger partial charge on any atom is -0.481 e. The molecule has 0 aliphatic carbocycles. The molecule has 7 heteroatoms. The second-order valence-corrected chi connectivity index (χ2v) is 3.74. The summed E-state index contributed by atoms with van der Waals surface area (Å²) < 4.78 is 43.8. The van der Waals surface area contributed by atoms with Gasteiger partial charge in [0.05, 0.1) is 12.0 Å². The summed E-state index contributed by atoms with van der Waals surface area (Å²) in [5, 5.41) is 9.03. The van der Waals surface area contributed by atoms with Gasteiger partial charge >= 0.3 is 12.3 Å². The minimum atomic E-state index is -4.70. The Hall–Kier alpha value is -0.820. The molecule has 0 atom stereocenters. The highest BCUT2D eigenvalue weighted by atomic mass is 19.4. The maximum atomic E-state index is 11.7. The summed E-state index contributed by atoms with van der Waals surface area (Å²) in [6.07, 6.45) is -4.40. The third-order valence-electron chi connectivity index (χ3n) is 2.75. The van der Waals surface area contributed by atoms with Crippen LogP contribution in [-0.2, 0) is 14.3 Å². The average Bonchev–Trinajstić information content (AvgIpc) is 2.17. The summed E-state index contributed by atoms with van der Waals surface area (Å²) in [4.78, 5) is 11.0. The summed E-state index contributed by atoms with van der Waals surface area (Å²) in [6.45, 7) is -0.105. The molecule has 0 aromatic carbocycles. The van der Waals surface area contributed by atoms with Crippen LogP contribution in [0, 0.1) is 5.41 Å². The molecule has 1 saturated heterocycles. The molecule has 0 aromatic heterocycles. The first-order valence-electron chi connectivity index (χ1n) is 4.88. The van der Waals surface area contributed by atoms with Gasteiger partial charge in [0.2, 0.25) is 0 Å². The largest absolute Gasteiger partial charge is 0.522 e. The normalized spacial score (nSPS) is 20.7. The van der Waals surface area contributed by atoms with Crippen molar-refractivity contribution in [3.8, 4) is 0 Å². The van der Waals surface area contributed by atoms with Crippen LogP contribution in [0.5, 0.6) is 0 Å². The van der Waals surface area contributed by atoms with Crippen LogP contribution in [0.15, 0.2) is 0 Å². The maximum absolute atomic E-state index is 11.7. The van der Waals surface area contributed by atoms with Gasteiger partial charge in [-0.05, 0) is 19.3 Å². The van der Waals surface area contributed by atoms with Crippen molar-refractivity contribution in [1.29, 1.82) is 0 Å². The average molecular weight is 242 g/mol. The molecule has 1 N–H and O–H groups in total. The molecule has 0 radical (unpaired) electrons. The zero-order valence-electron chi connectivity index (χ0n) is 8.55. The van der Waals surface area contributed by atoms with Crippen LogP contribution in [0.4, 0.5) is 13.2 Å². The minimum absolute atomic E-state index is 0.148. The fraction of sp³-hybridized carbons (Fsp3) is 0.889. The molecule has 1 fully saturated rings. The van der Waals surface area contributed by atoms with Gasteiger partial charge < -0.3 is 9.84 Å². The van der Waals surface area contributed by atoms with Gasteiger partial charge in [-0.25, -0.2) is 0 Å². The summed E-state index contributed by atoms with van der Waals surface area (Å²) in [7, 11) is 0. The monoisotopic (exact) mass is 242 g/mol. The number of hydrogen-bond acceptors (Lipinski definition) is 3. The molecule has 94 valence electrons. The van der Waals surface area contributed by atoms with Gasteiger partial charge in [-0.2, -0.15) is 0 Å². The van der Waals surface area contributed by atoms with Gasteiger partial charge in [0.15, 0.2) is 0 Å². The van der Waals surface area contributed by atoms with Gasteiger partial charge in [-0.1, -0.05) is 0 Å². The van der Waals surface area contributed by atoms with E-state index in [1.54, 1.807) is 0 Å². The van der Waals surface area contributed by atoms with Crippen molar-refractivity contribution in [3.63, 3.8) is 0 Å². The van der Waals surface area contributed by atoms with Crippen LogP contribution < -0.4 is 0 Å². The van der Waals surface area contributed by atoms with E-state index < -0.39 is 24.4 Å². The number of carbonyl (C=O) groups is 1. The lowest BCUT2D eigenvalue weighted by Gasteiger charge is -2.32. The van der Waals surface area contributed by atoms with E-state index in [-0.39, 0.29) is 32.5 Å². The van der Waals surface area contributed by atoms with Crippen molar-refractivity contribution in [2.75, 3.05) is 19.8 Å². The molecular weight excluding hydrogens is 229 g/mol. The van der Waals surface area contributed by atoms with Gasteiger partial charge in [0.1, 0.15) is 0 Å². The first-order chi connectivity index (χ1) is 7.36. The first-order valence-corrected chi connectivity index (χ1v) is 4.88. The number of aliphatic carboxylic acids is 1. The van der Waals surface area contributed by atoms with Crippen molar-refractivity contribution < 1.29 is 32.5 Å². The van der Waals surface area contributed by atoms with Crippen LogP contribution in [0.2, 0.25) is 0 Å². The summed E-state index contributed by atoms with van der Waals surface area (Å²) >= 11 is 0. The second kappa shape index (κ2) is 5.01. The van der Waals surface area contributed by atoms with Crippen LogP contribution in [0.1, 0.15) is 19.3 Å². The molecule has 1 heterocycles. The lowest BCUT2D eigenvalue weighted by molar-refractivity contribution is -0.326. The van der Waals surface area contributed by atoms with Crippen LogP contribution in [-0.4, -0.2) is 37.3 Å². The van der Waals surface area contributed by atoms with Gasteiger partial charge in [0, 0.05) is 13.2 Å². The molecular formula is C9H13F3O4. The summed E-state index contributed by atoms with van der Waals surface area (Å²) in [5.74, 6) is -1.08. The summed E-state index contributed by atoms with van der Waals surface area (Å²) in [5.41, 5.74) is -1.14. The van der Waals surface area contributed by atoms with Gasteiger partial charge in [-0.15, -0.1) is 13.2 Å². The third kappa shape index (κ3) is 3.64. The standard InChI is InChI=1S/C9H13F3O4/c10-9(11,12)16-6-3-8(7(13)14)1-4-15-5-2-8/h1-6H2,(H,13,14). The van der Waals surface area contributed by atoms with Crippen LogP contribution >= 0.6 is 0 Å². The van der Waals surface area contributed by atoms with E-state index in [1.165, 1.54) is 0 Å². The Morgan fingerprint density at radius 1 is 1.38 bits per heavy atom. The lowest BCUT2D eigenvalue weighted by Crippen LogP contribution is -2.38. The quantitative estimate of drug-likeness (QED) is 0.816. The molecule has 0 spiro atoms. The van der Waals surface area contributed by atoms with Crippen molar-refractivity contribution >= 4 is 5.97 Å². The molecule has 0 saturated carbocycles. The Morgan fingerprint density at radius 2 is 1.94 bits per heavy atom. The molecule has 0 unspecified atom stereocenters. The van der Waals surface area contributed by atoms with E-state index in [0.29, 0.717) is 0 Å². The molecule has 1 aliphatic rings. The predicted octanol–water partition coefficient (Wildman–Crippen LogP) is 1.79. The van der Waals surface area contributed by atoms with Crippen LogP contribution in [0.25, 0.3) is 0 Å².